The van der Waals surface area contributed by atoms with E-state index >= 15 is 0 Å². The summed E-state index contributed by atoms with van der Waals surface area (Å²) in [7, 11) is 1.59. The number of hydrogen-bond donors (Lipinski definition) is 1. The lowest BCUT2D eigenvalue weighted by molar-refractivity contribution is -0.131. The molecule has 28 heavy (non-hydrogen) atoms. The minimum absolute atomic E-state index is 0.0675. The van der Waals surface area contributed by atoms with Gasteiger partial charge in [0, 0.05) is 11.3 Å². The number of anilines is 1. The number of aryl methyl sites for hydroxylation is 2. The molecular formula is C22H25N3O3. The minimum atomic E-state index is -0.799. The Labute approximate surface area is 165 Å². The summed E-state index contributed by atoms with van der Waals surface area (Å²) in [5.41, 5.74) is 3.23. The highest BCUT2D eigenvalue weighted by Gasteiger charge is 2.41. The Kier molecular flexibility index (Phi) is 5.23. The maximum Gasteiger partial charge on any atom is 0.275 e. The summed E-state index contributed by atoms with van der Waals surface area (Å²) in [6, 6.07) is 12.9. The number of amides is 2. The third-order valence-electron chi connectivity index (χ3n) is 4.95. The molecule has 0 fully saturated rings. The molecule has 1 N–H and O–H groups in total. The van der Waals surface area contributed by atoms with Crippen LogP contribution in [0.1, 0.15) is 30.5 Å². The summed E-state index contributed by atoms with van der Waals surface area (Å²) in [6.07, 6.45) is 0. The first-order chi connectivity index (χ1) is 13.2. The van der Waals surface area contributed by atoms with Gasteiger partial charge in [-0.1, -0.05) is 6.07 Å². The minimum Gasteiger partial charge on any atom is -0.497 e. The van der Waals surface area contributed by atoms with Crippen molar-refractivity contribution in [2.75, 3.05) is 19.0 Å². The van der Waals surface area contributed by atoms with Crippen LogP contribution in [-0.4, -0.2) is 41.7 Å². The van der Waals surface area contributed by atoms with Crippen molar-refractivity contribution in [1.29, 1.82) is 0 Å². The van der Waals surface area contributed by atoms with E-state index in [0.717, 1.165) is 11.1 Å². The molecule has 0 spiro atoms. The Hall–Kier alpha value is -3.15. The van der Waals surface area contributed by atoms with E-state index in [1.807, 2.05) is 45.9 Å². The maximum atomic E-state index is 12.9. The molecule has 2 aromatic carbocycles. The molecule has 1 aliphatic heterocycles. The standard InChI is InChI=1S/C22H25N3O3/c1-14-6-9-17(12-15(14)2)23-19(26)13-25-21(27)20(24-22(25,3)4)16-7-10-18(28-5)11-8-16/h6-12H,13H2,1-5H3,(H,23,26). The van der Waals surface area contributed by atoms with E-state index in [0.29, 0.717) is 22.7 Å². The summed E-state index contributed by atoms with van der Waals surface area (Å²) in [4.78, 5) is 31.6. The summed E-state index contributed by atoms with van der Waals surface area (Å²) in [5.74, 6) is 0.194. The van der Waals surface area contributed by atoms with Crippen LogP contribution in [0.15, 0.2) is 47.5 Å². The molecule has 2 aromatic rings. The Morgan fingerprint density at radius 1 is 1.11 bits per heavy atom. The first kappa shape index (κ1) is 19.6. The van der Waals surface area contributed by atoms with Crippen LogP contribution in [0.25, 0.3) is 0 Å². The first-order valence-electron chi connectivity index (χ1n) is 9.14. The second kappa shape index (κ2) is 7.46. The molecule has 0 aromatic heterocycles. The summed E-state index contributed by atoms with van der Waals surface area (Å²) < 4.78 is 5.16. The maximum absolute atomic E-state index is 12.9. The predicted octanol–water partition coefficient (Wildman–Crippen LogP) is 3.32. The molecule has 1 heterocycles. The number of hydrogen-bond acceptors (Lipinski definition) is 4. The largest absolute Gasteiger partial charge is 0.497 e. The smallest absolute Gasteiger partial charge is 0.275 e. The molecule has 0 radical (unpaired) electrons. The molecule has 0 aliphatic carbocycles. The van der Waals surface area contributed by atoms with Gasteiger partial charge in [-0.15, -0.1) is 0 Å². The normalized spacial score (nSPS) is 15.4. The molecule has 0 atom stereocenters. The average Bonchev–Trinajstić information content (AvgIpc) is 2.88. The van der Waals surface area contributed by atoms with Crippen molar-refractivity contribution in [3.63, 3.8) is 0 Å². The lowest BCUT2D eigenvalue weighted by Crippen LogP contribution is -2.46. The van der Waals surface area contributed by atoms with Crippen molar-refractivity contribution in [3.8, 4) is 5.75 Å². The molecule has 0 bridgehead atoms. The van der Waals surface area contributed by atoms with Gasteiger partial charge in [-0.3, -0.25) is 14.6 Å². The fraction of sp³-hybridized carbons (Fsp3) is 0.318. The third kappa shape index (κ3) is 3.91. The van der Waals surface area contributed by atoms with Gasteiger partial charge in [0.15, 0.2) is 0 Å². The topological polar surface area (TPSA) is 71.0 Å². The molecular weight excluding hydrogens is 354 g/mol. The Bertz CT molecular complexity index is 946. The number of ether oxygens (including phenoxy) is 1. The number of methoxy groups -OCH3 is 1. The Morgan fingerprint density at radius 2 is 1.79 bits per heavy atom. The molecule has 0 saturated heterocycles. The number of benzene rings is 2. The highest BCUT2D eigenvalue weighted by atomic mass is 16.5. The summed E-state index contributed by atoms with van der Waals surface area (Å²) in [5, 5.41) is 2.86. The molecule has 0 unspecified atom stereocenters. The van der Waals surface area contributed by atoms with Gasteiger partial charge in [-0.05, 0) is 75.2 Å². The number of nitrogens with zero attached hydrogens (tertiary/aromatic N) is 2. The highest BCUT2D eigenvalue weighted by molar-refractivity contribution is 6.47. The van der Waals surface area contributed by atoms with Gasteiger partial charge < -0.3 is 15.0 Å². The van der Waals surface area contributed by atoms with E-state index in [1.165, 1.54) is 4.90 Å². The molecule has 6 heteroatoms. The fourth-order valence-corrected chi connectivity index (χ4v) is 3.12. The number of carbonyl (C=O) groups is 2. The van der Waals surface area contributed by atoms with Crippen molar-refractivity contribution in [2.45, 2.75) is 33.4 Å². The van der Waals surface area contributed by atoms with Crippen molar-refractivity contribution >= 4 is 23.2 Å². The van der Waals surface area contributed by atoms with Crippen molar-refractivity contribution < 1.29 is 14.3 Å². The molecule has 2 amide bonds. The van der Waals surface area contributed by atoms with Crippen LogP contribution in [0, 0.1) is 13.8 Å². The molecule has 0 saturated carbocycles. The number of rotatable bonds is 5. The lowest BCUT2D eigenvalue weighted by Gasteiger charge is -2.28. The Morgan fingerprint density at radius 3 is 2.39 bits per heavy atom. The van der Waals surface area contributed by atoms with Crippen LogP contribution in [-0.2, 0) is 9.59 Å². The SMILES string of the molecule is COc1ccc(C2=NC(C)(C)N(CC(=O)Nc3ccc(C)c(C)c3)C2=O)cc1. The van der Waals surface area contributed by atoms with Crippen LogP contribution in [0.2, 0.25) is 0 Å². The average molecular weight is 379 g/mol. The fourth-order valence-electron chi connectivity index (χ4n) is 3.12. The van der Waals surface area contributed by atoms with Gasteiger partial charge in [0.25, 0.3) is 5.91 Å². The van der Waals surface area contributed by atoms with E-state index in [4.69, 9.17) is 4.74 Å². The highest BCUT2D eigenvalue weighted by Crippen LogP contribution is 2.27. The van der Waals surface area contributed by atoms with E-state index in [9.17, 15) is 9.59 Å². The second-order valence-electron chi connectivity index (χ2n) is 7.42. The van der Waals surface area contributed by atoms with E-state index < -0.39 is 5.66 Å². The monoisotopic (exact) mass is 379 g/mol. The van der Waals surface area contributed by atoms with Crippen molar-refractivity contribution in [1.82, 2.24) is 4.90 Å². The number of aliphatic imine (C=N–C) groups is 1. The van der Waals surface area contributed by atoms with Crippen LogP contribution in [0.3, 0.4) is 0 Å². The van der Waals surface area contributed by atoms with Crippen molar-refractivity contribution in [2.24, 2.45) is 4.99 Å². The Balaban J connectivity index is 1.74. The van der Waals surface area contributed by atoms with Gasteiger partial charge in [0.05, 0.1) is 7.11 Å². The number of carbonyl (C=O) groups excluding carboxylic acids is 2. The van der Waals surface area contributed by atoms with Gasteiger partial charge in [0.2, 0.25) is 5.91 Å². The summed E-state index contributed by atoms with van der Waals surface area (Å²) in [6.45, 7) is 7.59. The zero-order chi connectivity index (χ0) is 20.5. The van der Waals surface area contributed by atoms with Crippen LogP contribution >= 0.6 is 0 Å². The second-order valence-corrected chi connectivity index (χ2v) is 7.42. The number of nitrogens with one attached hydrogen (secondary N) is 1. The molecule has 6 nitrogen and oxygen atoms in total. The third-order valence-corrected chi connectivity index (χ3v) is 4.95. The summed E-state index contributed by atoms with van der Waals surface area (Å²) >= 11 is 0. The van der Waals surface area contributed by atoms with Gasteiger partial charge in [0.1, 0.15) is 23.7 Å². The first-order valence-corrected chi connectivity index (χ1v) is 9.14. The van der Waals surface area contributed by atoms with Crippen LogP contribution in [0.5, 0.6) is 5.75 Å². The quantitative estimate of drug-likeness (QED) is 0.866. The zero-order valence-corrected chi connectivity index (χ0v) is 16.9. The van der Waals surface area contributed by atoms with Crippen LogP contribution in [0.4, 0.5) is 5.69 Å². The van der Waals surface area contributed by atoms with Crippen molar-refractivity contribution in [3.05, 3.63) is 59.2 Å². The van der Waals surface area contributed by atoms with E-state index in [2.05, 4.69) is 10.3 Å². The zero-order valence-electron chi connectivity index (χ0n) is 16.9. The van der Waals surface area contributed by atoms with E-state index in [-0.39, 0.29) is 18.4 Å². The molecule has 3 rings (SSSR count). The van der Waals surface area contributed by atoms with Gasteiger partial charge >= 0.3 is 0 Å². The van der Waals surface area contributed by atoms with Crippen LogP contribution < -0.4 is 10.1 Å². The lowest BCUT2D eigenvalue weighted by atomic mass is 10.1. The molecule has 146 valence electrons. The van der Waals surface area contributed by atoms with E-state index in [1.54, 1.807) is 31.4 Å². The molecule has 1 aliphatic rings. The van der Waals surface area contributed by atoms with Gasteiger partial charge in [-0.2, -0.15) is 0 Å². The predicted molar refractivity (Wildman–Crippen MR) is 110 cm³/mol. The van der Waals surface area contributed by atoms with Gasteiger partial charge in [-0.25, -0.2) is 0 Å².